The molecule has 2 saturated heterocycles. The number of hydrogen-bond acceptors (Lipinski definition) is 7. The Bertz CT molecular complexity index is 1320. The van der Waals surface area contributed by atoms with Crippen molar-refractivity contribution in [3.05, 3.63) is 58.6 Å². The molecule has 0 unspecified atom stereocenters. The highest BCUT2D eigenvalue weighted by molar-refractivity contribution is 7.19. The summed E-state index contributed by atoms with van der Waals surface area (Å²) in [5.74, 6) is 0.286. The molecule has 2 aliphatic heterocycles. The highest BCUT2D eigenvalue weighted by Gasteiger charge is 2.37. The van der Waals surface area contributed by atoms with E-state index < -0.39 is 0 Å². The van der Waals surface area contributed by atoms with Gasteiger partial charge in [0.25, 0.3) is 0 Å². The molecule has 6 nitrogen and oxygen atoms in total. The van der Waals surface area contributed by atoms with Crippen molar-refractivity contribution in [2.24, 2.45) is 5.41 Å². The van der Waals surface area contributed by atoms with Crippen LogP contribution in [0.5, 0.6) is 0 Å². The Hall–Kier alpha value is -2.58. The molecule has 1 aromatic carbocycles. The number of fused-ring (bicyclic) bond motifs is 1. The van der Waals surface area contributed by atoms with Crippen molar-refractivity contribution in [1.29, 1.82) is 0 Å². The summed E-state index contributed by atoms with van der Waals surface area (Å²) < 4.78 is 5.66. The molecule has 0 atom stereocenters. The number of pyridine rings is 1. The van der Waals surface area contributed by atoms with Crippen molar-refractivity contribution < 1.29 is 9.53 Å². The number of carbonyl (C=O) groups is 1. The van der Waals surface area contributed by atoms with Crippen LogP contribution in [-0.2, 0) is 17.7 Å². The minimum atomic E-state index is -0.0346. The van der Waals surface area contributed by atoms with E-state index >= 15 is 0 Å². The van der Waals surface area contributed by atoms with Crippen molar-refractivity contribution in [2.45, 2.75) is 33.2 Å². The van der Waals surface area contributed by atoms with Gasteiger partial charge < -0.3 is 14.5 Å². The third-order valence-corrected chi connectivity index (χ3v) is 9.50. The van der Waals surface area contributed by atoms with Gasteiger partial charge in [-0.25, -0.2) is 0 Å². The summed E-state index contributed by atoms with van der Waals surface area (Å²) >= 11 is 1.69. The number of benzene rings is 1. The standard InChI is InChI=1S/C31H38N4O2S/c1-31(2)19-25-28(30(35-14-16-37-17-15-35)38-29(25)27(36)20-31)22-8-9-32-26(18-22)24-7-5-4-6-23(24)21-34-12-10-33(3)11-13-34/h4-9,18H,10-17,19-21H2,1-3H3. The molecule has 7 heteroatoms. The van der Waals surface area contributed by atoms with Gasteiger partial charge in [-0.3, -0.25) is 14.7 Å². The van der Waals surface area contributed by atoms with E-state index in [-0.39, 0.29) is 11.2 Å². The van der Waals surface area contributed by atoms with Crippen molar-refractivity contribution in [2.75, 3.05) is 64.4 Å². The van der Waals surface area contributed by atoms with E-state index in [9.17, 15) is 4.79 Å². The highest BCUT2D eigenvalue weighted by atomic mass is 32.1. The third-order valence-electron chi connectivity index (χ3n) is 8.17. The fraction of sp³-hybridized carbons (Fsp3) is 0.484. The molecule has 0 amide bonds. The number of ketones is 1. The minimum Gasteiger partial charge on any atom is -0.378 e. The maximum atomic E-state index is 13.3. The molecule has 0 bridgehead atoms. The first-order chi connectivity index (χ1) is 18.4. The van der Waals surface area contributed by atoms with Crippen LogP contribution in [0.15, 0.2) is 42.6 Å². The van der Waals surface area contributed by atoms with Gasteiger partial charge in [-0.2, -0.15) is 0 Å². The predicted molar refractivity (Wildman–Crippen MR) is 155 cm³/mol. The fourth-order valence-corrected chi connectivity index (χ4v) is 7.41. The van der Waals surface area contributed by atoms with Crippen molar-refractivity contribution in [3.8, 4) is 22.4 Å². The fourth-order valence-electron chi connectivity index (χ4n) is 6.08. The van der Waals surface area contributed by atoms with Crippen LogP contribution in [0.2, 0.25) is 0 Å². The van der Waals surface area contributed by atoms with Gasteiger partial charge in [0.1, 0.15) is 0 Å². The van der Waals surface area contributed by atoms with Gasteiger partial charge in [0.2, 0.25) is 0 Å². The van der Waals surface area contributed by atoms with E-state index in [2.05, 4.69) is 72.0 Å². The monoisotopic (exact) mass is 530 g/mol. The van der Waals surface area contributed by atoms with E-state index in [1.54, 1.807) is 11.3 Å². The average molecular weight is 531 g/mol. The number of carbonyl (C=O) groups excluding carboxylic acids is 1. The Morgan fingerprint density at radius 2 is 1.76 bits per heavy atom. The van der Waals surface area contributed by atoms with Gasteiger partial charge in [0.05, 0.1) is 28.8 Å². The van der Waals surface area contributed by atoms with E-state index in [0.29, 0.717) is 6.42 Å². The van der Waals surface area contributed by atoms with Crippen molar-refractivity contribution >= 4 is 22.1 Å². The Labute approximate surface area is 230 Å². The van der Waals surface area contributed by atoms with E-state index in [0.717, 1.165) is 81.6 Å². The zero-order chi connectivity index (χ0) is 26.3. The van der Waals surface area contributed by atoms with Gasteiger partial charge in [0, 0.05) is 69.6 Å². The summed E-state index contributed by atoms with van der Waals surface area (Å²) in [6.07, 6.45) is 3.48. The van der Waals surface area contributed by atoms with E-state index in [1.165, 1.54) is 27.3 Å². The summed E-state index contributed by atoms with van der Waals surface area (Å²) in [6.45, 7) is 12.9. The molecule has 38 heavy (non-hydrogen) atoms. The lowest BCUT2D eigenvalue weighted by molar-refractivity contribution is 0.0918. The summed E-state index contributed by atoms with van der Waals surface area (Å²) in [5, 5.41) is 1.22. The molecule has 1 aliphatic carbocycles. The number of rotatable bonds is 5. The van der Waals surface area contributed by atoms with Gasteiger partial charge in [0.15, 0.2) is 5.78 Å². The van der Waals surface area contributed by atoms with Crippen molar-refractivity contribution in [1.82, 2.24) is 14.8 Å². The molecule has 6 rings (SSSR count). The lowest BCUT2D eigenvalue weighted by atomic mass is 9.75. The molecule has 4 heterocycles. The topological polar surface area (TPSA) is 48.9 Å². The second-order valence-electron chi connectivity index (χ2n) is 11.8. The average Bonchev–Trinajstić information content (AvgIpc) is 3.30. The van der Waals surface area contributed by atoms with Crippen LogP contribution < -0.4 is 4.90 Å². The Kier molecular flexibility index (Phi) is 7.12. The third kappa shape index (κ3) is 5.17. The number of ether oxygens (including phenoxy) is 1. The number of aromatic nitrogens is 1. The van der Waals surface area contributed by atoms with E-state index in [4.69, 9.17) is 9.72 Å². The largest absolute Gasteiger partial charge is 0.378 e. The van der Waals surface area contributed by atoms with Crippen LogP contribution in [0.4, 0.5) is 5.00 Å². The van der Waals surface area contributed by atoms with Crippen LogP contribution >= 0.6 is 11.3 Å². The number of nitrogens with zero attached hydrogens (tertiary/aromatic N) is 4. The molecular formula is C31H38N4O2S. The summed E-state index contributed by atoms with van der Waals surface area (Å²) in [7, 11) is 2.20. The van der Waals surface area contributed by atoms with Crippen LogP contribution in [0.25, 0.3) is 22.4 Å². The number of anilines is 1. The SMILES string of the molecule is CN1CCN(Cc2ccccc2-c2cc(-c3c(N4CCOCC4)sc4c3CC(C)(C)CC4=O)ccn2)CC1. The Balaban J connectivity index is 1.41. The molecule has 3 aliphatic rings. The number of morpholine rings is 1. The Morgan fingerprint density at radius 3 is 2.55 bits per heavy atom. The molecule has 0 saturated carbocycles. The normalized spacial score (nSPS) is 20.5. The maximum absolute atomic E-state index is 13.3. The van der Waals surface area contributed by atoms with Gasteiger partial charge in [-0.15, -0.1) is 11.3 Å². The van der Waals surface area contributed by atoms with Gasteiger partial charge >= 0.3 is 0 Å². The molecule has 3 aromatic rings. The predicted octanol–water partition coefficient (Wildman–Crippen LogP) is 5.22. The number of piperazine rings is 1. The number of hydrogen-bond donors (Lipinski definition) is 0. The lowest BCUT2D eigenvalue weighted by Gasteiger charge is -2.32. The highest BCUT2D eigenvalue weighted by Crippen LogP contribution is 2.49. The molecule has 0 N–H and O–H groups in total. The molecule has 2 fully saturated rings. The summed E-state index contributed by atoms with van der Waals surface area (Å²) in [4.78, 5) is 26.4. The van der Waals surface area contributed by atoms with Crippen molar-refractivity contribution in [3.63, 3.8) is 0 Å². The molecular weight excluding hydrogens is 492 g/mol. The molecule has 0 radical (unpaired) electrons. The zero-order valence-electron chi connectivity index (χ0n) is 22.8. The van der Waals surface area contributed by atoms with Crippen LogP contribution in [0.3, 0.4) is 0 Å². The first-order valence-corrected chi connectivity index (χ1v) is 14.7. The first-order valence-electron chi connectivity index (χ1n) is 13.9. The molecule has 2 aromatic heterocycles. The van der Waals surface area contributed by atoms with Crippen LogP contribution in [0.1, 0.15) is 41.1 Å². The second kappa shape index (κ2) is 10.5. The number of thiophene rings is 1. The van der Waals surface area contributed by atoms with Crippen LogP contribution in [0, 0.1) is 5.41 Å². The van der Waals surface area contributed by atoms with E-state index in [1.807, 2.05) is 6.20 Å². The maximum Gasteiger partial charge on any atom is 0.173 e. The molecule has 200 valence electrons. The molecule has 0 spiro atoms. The van der Waals surface area contributed by atoms with Gasteiger partial charge in [-0.1, -0.05) is 38.1 Å². The number of Topliss-reactive ketones (excluding diaryl/α,β-unsaturated/α-hetero) is 1. The van der Waals surface area contributed by atoms with Gasteiger partial charge in [-0.05, 0) is 47.7 Å². The summed E-state index contributed by atoms with van der Waals surface area (Å²) in [5.41, 5.74) is 7.09. The smallest absolute Gasteiger partial charge is 0.173 e. The second-order valence-corrected chi connectivity index (χ2v) is 12.8. The lowest BCUT2D eigenvalue weighted by Crippen LogP contribution is -2.43. The zero-order valence-corrected chi connectivity index (χ0v) is 23.6. The Morgan fingerprint density at radius 1 is 1.00 bits per heavy atom. The van der Waals surface area contributed by atoms with Crippen LogP contribution in [-0.4, -0.2) is 80.1 Å². The quantitative estimate of drug-likeness (QED) is 0.451. The summed E-state index contributed by atoms with van der Waals surface area (Å²) in [6, 6.07) is 13.1. The first kappa shape index (κ1) is 25.7. The number of likely N-dealkylation sites (N-methyl/N-ethyl adjacent to an activating group) is 1. The minimum absolute atomic E-state index is 0.0346.